The Hall–Kier alpha value is -3.09. The van der Waals surface area contributed by atoms with Crippen LogP contribution in [-0.4, -0.2) is 60.0 Å². The smallest absolute Gasteiger partial charge is 0.296 e. The summed E-state index contributed by atoms with van der Waals surface area (Å²) in [6.45, 7) is 22.0. The molecule has 0 heterocycles. The van der Waals surface area contributed by atoms with Gasteiger partial charge in [-0.2, -0.15) is 8.42 Å². The summed E-state index contributed by atoms with van der Waals surface area (Å²) in [5.41, 5.74) is 3.41. The van der Waals surface area contributed by atoms with Gasteiger partial charge in [-0.25, -0.2) is 0 Å². The summed E-state index contributed by atoms with van der Waals surface area (Å²) in [4.78, 5) is 0.0978. The molecule has 3 aromatic rings. The van der Waals surface area contributed by atoms with Crippen molar-refractivity contribution in [1.29, 1.82) is 0 Å². The van der Waals surface area contributed by atoms with E-state index in [1.807, 2.05) is 61.5 Å². The molecule has 55 heavy (non-hydrogen) atoms. The number of hydrogen-bond donors (Lipinski definition) is 1. The predicted molar refractivity (Wildman–Crippen MR) is 221 cm³/mol. The first kappa shape index (κ1) is 43.0. The van der Waals surface area contributed by atoms with Crippen molar-refractivity contribution < 1.29 is 36.3 Å². The molecule has 0 bridgehead atoms. The lowest BCUT2D eigenvalue weighted by molar-refractivity contribution is -0.211. The monoisotopic (exact) mass is 790 g/mol. The number of benzene rings is 3. The van der Waals surface area contributed by atoms with Gasteiger partial charge in [0.05, 0.1) is 56.2 Å². The molecule has 0 aromatic heterocycles. The minimum absolute atomic E-state index is 0.0978. The minimum Gasteiger partial charge on any atom is -0.497 e. The third-order valence-corrected chi connectivity index (χ3v) is 14.2. The summed E-state index contributed by atoms with van der Waals surface area (Å²) in [5, 5.41) is 11.0. The van der Waals surface area contributed by atoms with Crippen molar-refractivity contribution in [2.45, 2.75) is 116 Å². The van der Waals surface area contributed by atoms with Crippen LogP contribution in [0.4, 0.5) is 0 Å². The molecule has 0 spiro atoms. The molecule has 0 saturated heterocycles. The van der Waals surface area contributed by atoms with E-state index in [4.69, 9.17) is 29.4 Å². The first-order valence-electron chi connectivity index (χ1n) is 19.4. The molecule has 2 aliphatic rings. The normalized spacial score (nSPS) is 25.2. The van der Waals surface area contributed by atoms with Gasteiger partial charge in [0.1, 0.15) is 5.75 Å². The first-order valence-corrected chi connectivity index (χ1v) is 24.2. The quantitative estimate of drug-likeness (QED) is 0.0871. The van der Waals surface area contributed by atoms with E-state index >= 15 is 0 Å². The molecule has 1 fully saturated rings. The zero-order valence-electron chi connectivity index (χ0n) is 34.3. The van der Waals surface area contributed by atoms with E-state index in [2.05, 4.69) is 47.3 Å². The van der Waals surface area contributed by atoms with Crippen molar-refractivity contribution in [2.24, 2.45) is 16.7 Å². The molecule has 5 rings (SSSR count). The molecule has 3 aromatic carbocycles. The Bertz CT molecular complexity index is 1900. The highest BCUT2D eigenvalue weighted by atomic mass is 32.2. The van der Waals surface area contributed by atoms with Gasteiger partial charge in [-0.15, -0.1) is 0 Å². The van der Waals surface area contributed by atoms with Crippen LogP contribution in [0.1, 0.15) is 70.1 Å². The number of aliphatic hydroxyl groups is 1. The fourth-order valence-electron chi connectivity index (χ4n) is 8.88. The fraction of sp³-hybridized carbons (Fsp3) is 0.511. The third-order valence-electron chi connectivity index (χ3n) is 11.9. The van der Waals surface area contributed by atoms with Crippen LogP contribution in [0.15, 0.2) is 107 Å². The van der Waals surface area contributed by atoms with Gasteiger partial charge in [0.2, 0.25) is 0 Å². The van der Waals surface area contributed by atoms with Crippen molar-refractivity contribution in [2.75, 3.05) is 20.3 Å². The number of hydrogen-bond acceptors (Lipinski definition) is 8. The molecule has 1 N–H and O–H groups in total. The molecule has 2 aliphatic carbocycles. The second kappa shape index (κ2) is 17.2. The highest BCUT2D eigenvalue weighted by molar-refractivity contribution is 7.86. The van der Waals surface area contributed by atoms with Crippen LogP contribution in [0.5, 0.6) is 5.75 Å². The molecule has 0 aliphatic heterocycles. The van der Waals surface area contributed by atoms with Crippen molar-refractivity contribution >= 4 is 18.4 Å². The predicted octanol–water partition coefficient (Wildman–Crippen LogP) is 9.57. The lowest BCUT2D eigenvalue weighted by Crippen LogP contribution is -2.67. The first-order chi connectivity index (χ1) is 25.9. The largest absolute Gasteiger partial charge is 0.497 e. The average Bonchev–Trinajstić information content (AvgIpc) is 3.13. The van der Waals surface area contributed by atoms with Crippen molar-refractivity contribution in [3.63, 3.8) is 0 Å². The van der Waals surface area contributed by atoms with Gasteiger partial charge in [-0.3, -0.25) is 4.18 Å². The fourth-order valence-corrected chi connectivity index (χ4v) is 11.5. The van der Waals surface area contributed by atoms with E-state index in [1.54, 1.807) is 31.4 Å². The SMILES string of the molecule is C=C1CC[C@H](OCc2ccc(OC)cc2)[C@@](C)(COS(=O)(=O)c2ccc(C)cc2)[C@@H]1[C@H](OCc1ccccc1)[C@]1(O[Si](C)(C)C)CCC(C)=C(CO)C1(C)C. The Morgan fingerprint density at radius 3 is 2.13 bits per heavy atom. The number of ether oxygens (including phenoxy) is 3. The van der Waals surface area contributed by atoms with Crippen molar-refractivity contribution in [3.05, 3.63) is 119 Å². The summed E-state index contributed by atoms with van der Waals surface area (Å²) >= 11 is 0. The summed E-state index contributed by atoms with van der Waals surface area (Å²) in [5.74, 6) is 0.290. The van der Waals surface area contributed by atoms with Crippen molar-refractivity contribution in [1.82, 2.24) is 0 Å². The second-order valence-electron chi connectivity index (χ2n) is 17.2. The Labute approximate surface area is 331 Å². The molecule has 0 unspecified atom stereocenters. The zero-order valence-corrected chi connectivity index (χ0v) is 36.1. The van der Waals surface area contributed by atoms with Crippen LogP contribution >= 0.6 is 0 Å². The molecule has 0 amide bonds. The van der Waals surface area contributed by atoms with E-state index in [1.165, 1.54) is 0 Å². The Kier molecular flexibility index (Phi) is 13.4. The van der Waals surface area contributed by atoms with Gasteiger partial charge < -0.3 is 23.7 Å². The van der Waals surface area contributed by atoms with E-state index < -0.39 is 53.0 Å². The molecule has 5 atom stereocenters. The minimum atomic E-state index is -4.15. The van der Waals surface area contributed by atoms with Crippen LogP contribution in [0.2, 0.25) is 19.6 Å². The van der Waals surface area contributed by atoms with Crippen LogP contribution < -0.4 is 4.74 Å². The number of allylic oxidation sites excluding steroid dienone is 1. The number of rotatable bonds is 16. The third kappa shape index (κ3) is 9.38. The maximum absolute atomic E-state index is 13.9. The van der Waals surface area contributed by atoms with Crippen LogP contribution in [0, 0.1) is 23.7 Å². The highest BCUT2D eigenvalue weighted by Crippen LogP contribution is 2.59. The highest BCUT2D eigenvalue weighted by Gasteiger charge is 2.63. The van der Waals surface area contributed by atoms with E-state index in [-0.39, 0.29) is 18.1 Å². The van der Waals surface area contributed by atoms with Gasteiger partial charge in [0.15, 0.2) is 8.32 Å². The zero-order chi connectivity index (χ0) is 40.2. The Balaban J connectivity index is 1.68. The average molecular weight is 791 g/mol. The lowest BCUT2D eigenvalue weighted by Gasteiger charge is -2.61. The molecular formula is C45H62O8SSi. The summed E-state index contributed by atoms with van der Waals surface area (Å²) in [6, 6.07) is 24.6. The van der Waals surface area contributed by atoms with Gasteiger partial charge in [0.25, 0.3) is 10.1 Å². The molecule has 0 radical (unpaired) electrons. The molecular weight excluding hydrogens is 729 g/mol. The Morgan fingerprint density at radius 1 is 0.891 bits per heavy atom. The lowest BCUT2D eigenvalue weighted by atomic mass is 9.53. The maximum atomic E-state index is 13.9. The van der Waals surface area contributed by atoms with Gasteiger partial charge >= 0.3 is 0 Å². The summed E-state index contributed by atoms with van der Waals surface area (Å²) in [6.07, 6.45) is 1.58. The summed E-state index contributed by atoms with van der Waals surface area (Å²) < 4.78 is 61.1. The van der Waals surface area contributed by atoms with Gasteiger partial charge in [-0.1, -0.05) is 98.7 Å². The van der Waals surface area contributed by atoms with E-state index in [0.29, 0.717) is 32.5 Å². The van der Waals surface area contributed by atoms with Crippen molar-refractivity contribution in [3.8, 4) is 5.75 Å². The van der Waals surface area contributed by atoms with E-state index in [9.17, 15) is 13.5 Å². The van der Waals surface area contributed by atoms with Crippen LogP contribution in [-0.2, 0) is 41.4 Å². The number of aliphatic hydroxyl groups excluding tert-OH is 1. The van der Waals surface area contributed by atoms with Crippen LogP contribution in [0.25, 0.3) is 0 Å². The molecule has 1 saturated carbocycles. The second-order valence-corrected chi connectivity index (χ2v) is 23.3. The molecule has 8 nitrogen and oxygen atoms in total. The van der Waals surface area contributed by atoms with Crippen LogP contribution in [0.3, 0.4) is 0 Å². The molecule has 10 heteroatoms. The van der Waals surface area contributed by atoms with E-state index in [0.717, 1.165) is 45.6 Å². The maximum Gasteiger partial charge on any atom is 0.296 e. The standard InChI is InChI=1S/C45H62O8SSi/c1-32-16-23-38(24-17-32)54(47,48)52-31-44(6)40(50-29-36-19-21-37(49-7)22-20-36)25-18-34(3)41(44)42(51-30-35-14-12-11-13-15-35)45(53-55(8,9)10)27-26-33(2)39(28-46)43(45,4)5/h11-17,19-24,40-42,46H,3,18,25-31H2,1-2,4-10H3/t40-,41-,42-,44+,45+/m0/s1. The number of methoxy groups -OCH3 is 1. The molecule has 300 valence electrons. The Morgan fingerprint density at radius 2 is 1.53 bits per heavy atom. The van der Waals surface area contributed by atoms with Gasteiger partial charge in [-0.05, 0) is 100 Å². The number of aryl methyl sites for hydroxylation is 1. The van der Waals surface area contributed by atoms with Gasteiger partial charge in [0, 0.05) is 16.7 Å². The summed E-state index contributed by atoms with van der Waals surface area (Å²) in [7, 11) is -4.85. The topological polar surface area (TPSA) is 101 Å².